The second-order valence-electron chi connectivity index (χ2n) is 5.30. The fourth-order valence-corrected chi connectivity index (χ4v) is 2.75. The first kappa shape index (κ1) is 13.3. The highest BCUT2D eigenvalue weighted by molar-refractivity contribution is 5.80. The van der Waals surface area contributed by atoms with Crippen molar-refractivity contribution in [2.45, 2.75) is 44.6 Å². The molecule has 0 bridgehead atoms. The number of aliphatic hydroxyl groups is 1. The van der Waals surface area contributed by atoms with Gasteiger partial charge in [0.25, 0.3) is 0 Å². The highest BCUT2D eigenvalue weighted by Gasteiger charge is 2.25. The first-order valence-electron chi connectivity index (χ1n) is 6.90. The molecule has 18 heavy (non-hydrogen) atoms. The molecular formula is C13H22N2O3. The van der Waals surface area contributed by atoms with E-state index in [2.05, 4.69) is 5.32 Å². The third kappa shape index (κ3) is 3.45. The number of rotatable bonds is 4. The molecule has 2 fully saturated rings. The van der Waals surface area contributed by atoms with E-state index in [0.29, 0.717) is 32.5 Å². The van der Waals surface area contributed by atoms with E-state index in [0.717, 1.165) is 25.7 Å². The van der Waals surface area contributed by atoms with E-state index in [1.807, 2.05) is 0 Å². The number of nitrogens with one attached hydrogen (secondary N) is 1. The van der Waals surface area contributed by atoms with Gasteiger partial charge in [-0.25, -0.2) is 0 Å². The lowest BCUT2D eigenvalue weighted by molar-refractivity contribution is -0.130. The van der Waals surface area contributed by atoms with Crippen LogP contribution < -0.4 is 5.32 Å². The van der Waals surface area contributed by atoms with Gasteiger partial charge in [0.1, 0.15) is 0 Å². The Kier molecular flexibility index (Phi) is 4.58. The summed E-state index contributed by atoms with van der Waals surface area (Å²) in [7, 11) is 0. The van der Waals surface area contributed by atoms with Crippen molar-refractivity contribution in [2.24, 2.45) is 5.92 Å². The molecule has 1 aliphatic carbocycles. The number of β-amino-alcohol motifs (C(OH)–C–C–N with tert-alkyl or cyclic N) is 1. The largest absolute Gasteiger partial charge is 0.391 e. The van der Waals surface area contributed by atoms with Crippen LogP contribution in [0, 0.1) is 5.92 Å². The van der Waals surface area contributed by atoms with Gasteiger partial charge in [0, 0.05) is 32.0 Å². The molecule has 0 aromatic heterocycles. The van der Waals surface area contributed by atoms with Crippen LogP contribution in [0.25, 0.3) is 0 Å². The molecule has 102 valence electrons. The molecule has 2 amide bonds. The Morgan fingerprint density at radius 1 is 1.22 bits per heavy atom. The predicted molar refractivity (Wildman–Crippen MR) is 66.8 cm³/mol. The fourth-order valence-electron chi connectivity index (χ4n) is 2.75. The summed E-state index contributed by atoms with van der Waals surface area (Å²) in [4.78, 5) is 25.2. The Hall–Kier alpha value is -1.10. The van der Waals surface area contributed by atoms with Crippen LogP contribution in [0.1, 0.15) is 38.5 Å². The quantitative estimate of drug-likeness (QED) is 0.757. The summed E-state index contributed by atoms with van der Waals surface area (Å²) >= 11 is 0. The number of hydrogen-bond donors (Lipinski definition) is 2. The Balaban J connectivity index is 1.62. The van der Waals surface area contributed by atoms with Crippen molar-refractivity contribution in [1.82, 2.24) is 10.2 Å². The summed E-state index contributed by atoms with van der Waals surface area (Å²) < 4.78 is 0. The summed E-state index contributed by atoms with van der Waals surface area (Å²) in [5, 5.41) is 12.2. The Labute approximate surface area is 108 Å². The molecule has 1 heterocycles. The lowest BCUT2D eigenvalue weighted by Crippen LogP contribution is -2.35. The van der Waals surface area contributed by atoms with Gasteiger partial charge in [-0.3, -0.25) is 9.59 Å². The van der Waals surface area contributed by atoms with E-state index in [1.54, 1.807) is 4.90 Å². The summed E-state index contributed by atoms with van der Waals surface area (Å²) in [5.41, 5.74) is 0. The SMILES string of the molecule is O=C(NCCC(=O)N1CC[C@@H](O)C1)C1CCCC1. The predicted octanol–water partition coefficient (Wildman–Crippen LogP) is 0.276. The number of aliphatic hydroxyl groups excluding tert-OH is 1. The molecule has 1 atom stereocenters. The average Bonchev–Trinajstić information content (AvgIpc) is 2.99. The van der Waals surface area contributed by atoms with Crippen LogP contribution in [-0.4, -0.2) is 47.6 Å². The molecule has 5 nitrogen and oxygen atoms in total. The molecule has 2 aliphatic rings. The molecule has 0 aromatic rings. The fraction of sp³-hybridized carbons (Fsp3) is 0.846. The van der Waals surface area contributed by atoms with Crippen molar-refractivity contribution in [1.29, 1.82) is 0 Å². The van der Waals surface area contributed by atoms with Crippen LogP contribution >= 0.6 is 0 Å². The summed E-state index contributed by atoms with van der Waals surface area (Å²) in [6, 6.07) is 0. The molecule has 0 unspecified atom stereocenters. The van der Waals surface area contributed by atoms with Gasteiger partial charge >= 0.3 is 0 Å². The van der Waals surface area contributed by atoms with Gasteiger partial charge in [0.05, 0.1) is 6.10 Å². The normalized spacial score (nSPS) is 24.5. The summed E-state index contributed by atoms with van der Waals surface area (Å²) in [6.45, 7) is 1.49. The molecule has 1 aliphatic heterocycles. The van der Waals surface area contributed by atoms with Gasteiger partial charge in [-0.05, 0) is 19.3 Å². The second kappa shape index (κ2) is 6.18. The maximum absolute atomic E-state index is 11.8. The van der Waals surface area contributed by atoms with Gasteiger partial charge in [0.2, 0.25) is 11.8 Å². The maximum atomic E-state index is 11.8. The van der Waals surface area contributed by atoms with Crippen molar-refractivity contribution in [3.8, 4) is 0 Å². The third-order valence-electron chi connectivity index (χ3n) is 3.88. The van der Waals surface area contributed by atoms with E-state index in [-0.39, 0.29) is 23.8 Å². The second-order valence-corrected chi connectivity index (χ2v) is 5.30. The van der Waals surface area contributed by atoms with Crippen LogP contribution in [0.3, 0.4) is 0 Å². The molecule has 1 saturated heterocycles. The van der Waals surface area contributed by atoms with E-state index < -0.39 is 0 Å². The number of likely N-dealkylation sites (tertiary alicyclic amines) is 1. The van der Waals surface area contributed by atoms with Crippen LogP contribution in [0.4, 0.5) is 0 Å². The zero-order valence-corrected chi connectivity index (χ0v) is 10.7. The first-order chi connectivity index (χ1) is 8.66. The number of carbonyl (C=O) groups excluding carboxylic acids is 2. The Morgan fingerprint density at radius 3 is 2.56 bits per heavy atom. The van der Waals surface area contributed by atoms with E-state index in [9.17, 15) is 14.7 Å². The van der Waals surface area contributed by atoms with Gasteiger partial charge in [0.15, 0.2) is 0 Å². The monoisotopic (exact) mass is 254 g/mol. The molecular weight excluding hydrogens is 232 g/mol. The van der Waals surface area contributed by atoms with Crippen molar-refractivity contribution in [2.75, 3.05) is 19.6 Å². The summed E-state index contributed by atoms with van der Waals surface area (Å²) in [5.74, 6) is 0.286. The van der Waals surface area contributed by atoms with Crippen LogP contribution in [0.2, 0.25) is 0 Å². The third-order valence-corrected chi connectivity index (χ3v) is 3.88. The number of carbonyl (C=O) groups is 2. The Bertz CT molecular complexity index is 313. The zero-order chi connectivity index (χ0) is 13.0. The molecule has 0 radical (unpaired) electrons. The topological polar surface area (TPSA) is 69.6 Å². The minimum Gasteiger partial charge on any atom is -0.391 e. The number of nitrogens with zero attached hydrogens (tertiary/aromatic N) is 1. The zero-order valence-electron chi connectivity index (χ0n) is 10.7. The molecule has 5 heteroatoms. The van der Waals surface area contributed by atoms with Crippen LogP contribution in [0.15, 0.2) is 0 Å². The van der Waals surface area contributed by atoms with Crippen molar-refractivity contribution in [3.63, 3.8) is 0 Å². The summed E-state index contributed by atoms with van der Waals surface area (Å²) in [6.07, 6.45) is 4.88. The van der Waals surface area contributed by atoms with Gasteiger partial charge < -0.3 is 15.3 Å². The van der Waals surface area contributed by atoms with Crippen LogP contribution in [0.5, 0.6) is 0 Å². The minimum atomic E-state index is -0.373. The highest BCUT2D eigenvalue weighted by atomic mass is 16.3. The minimum absolute atomic E-state index is 0.0262. The average molecular weight is 254 g/mol. The van der Waals surface area contributed by atoms with E-state index in [4.69, 9.17) is 0 Å². The van der Waals surface area contributed by atoms with Gasteiger partial charge in [-0.2, -0.15) is 0 Å². The number of amides is 2. The standard InChI is InChI=1S/C13H22N2O3/c16-11-6-8-15(9-11)12(17)5-7-14-13(18)10-3-1-2-4-10/h10-11,16H,1-9H2,(H,14,18)/t11-/m1/s1. The Morgan fingerprint density at radius 2 is 1.94 bits per heavy atom. The molecule has 2 rings (SSSR count). The van der Waals surface area contributed by atoms with Gasteiger partial charge in [-0.15, -0.1) is 0 Å². The molecule has 1 saturated carbocycles. The lowest BCUT2D eigenvalue weighted by atomic mass is 10.1. The lowest BCUT2D eigenvalue weighted by Gasteiger charge is -2.16. The van der Waals surface area contributed by atoms with E-state index in [1.165, 1.54) is 0 Å². The van der Waals surface area contributed by atoms with Crippen molar-refractivity contribution < 1.29 is 14.7 Å². The molecule has 2 N–H and O–H groups in total. The van der Waals surface area contributed by atoms with Crippen molar-refractivity contribution >= 4 is 11.8 Å². The van der Waals surface area contributed by atoms with Gasteiger partial charge in [-0.1, -0.05) is 12.8 Å². The maximum Gasteiger partial charge on any atom is 0.224 e. The van der Waals surface area contributed by atoms with E-state index >= 15 is 0 Å². The van der Waals surface area contributed by atoms with Crippen LogP contribution in [-0.2, 0) is 9.59 Å². The smallest absolute Gasteiger partial charge is 0.224 e. The first-order valence-corrected chi connectivity index (χ1v) is 6.90. The highest BCUT2D eigenvalue weighted by Crippen LogP contribution is 2.24. The number of hydrogen-bond acceptors (Lipinski definition) is 3. The molecule has 0 aromatic carbocycles. The van der Waals surface area contributed by atoms with Crippen molar-refractivity contribution in [3.05, 3.63) is 0 Å². The molecule has 0 spiro atoms.